The maximum Gasteiger partial charge on any atom is 0.310 e. The average molecular weight is 447 g/mol. The van der Waals surface area contributed by atoms with Gasteiger partial charge in [0.05, 0.1) is 36.5 Å². The summed E-state index contributed by atoms with van der Waals surface area (Å²) in [4.78, 5) is 12.4. The number of hydrogen-bond acceptors (Lipinski definition) is 4. The van der Waals surface area contributed by atoms with Crippen molar-refractivity contribution in [3.8, 4) is 0 Å². The van der Waals surface area contributed by atoms with Crippen LogP contribution in [0.5, 0.6) is 0 Å². The molecule has 4 aromatic rings. The van der Waals surface area contributed by atoms with Crippen LogP contribution < -0.4 is 0 Å². The molecule has 1 aromatic carbocycles. The largest absolute Gasteiger partial charge is 0.465 e. The van der Waals surface area contributed by atoms with Crippen LogP contribution in [0.1, 0.15) is 53.9 Å². The molecule has 0 N–H and O–H groups in total. The zero-order valence-corrected chi connectivity index (χ0v) is 18.7. The van der Waals surface area contributed by atoms with Gasteiger partial charge in [-0.1, -0.05) is 48.5 Å². The highest BCUT2D eigenvalue weighted by Gasteiger charge is 2.30. The molecule has 1 aliphatic carbocycles. The van der Waals surface area contributed by atoms with Crippen molar-refractivity contribution in [1.82, 2.24) is 19.4 Å². The first-order chi connectivity index (χ1) is 16.2. The number of carbonyl (C=O) groups is 1. The second-order valence-electron chi connectivity index (χ2n) is 8.60. The molecular weight excluding hydrogens is 419 g/mol. The van der Waals surface area contributed by atoms with E-state index < -0.39 is 0 Å². The van der Waals surface area contributed by atoms with Gasteiger partial charge >= 0.3 is 5.97 Å². The lowest BCUT2D eigenvalue weighted by atomic mass is 9.90. The third-order valence-electron chi connectivity index (χ3n) is 6.40. The molecule has 0 saturated heterocycles. The number of fused-ring (bicyclic) bond motifs is 3. The molecule has 0 bridgehead atoms. The van der Waals surface area contributed by atoms with Gasteiger partial charge in [-0.15, -0.1) is 5.10 Å². The first-order valence-electron chi connectivity index (χ1n) is 11.5. The first kappa shape index (κ1) is 21.4. The third-order valence-corrected chi connectivity index (χ3v) is 6.40. The summed E-state index contributed by atoms with van der Waals surface area (Å²) in [6, 6.07) is 15.4. The van der Waals surface area contributed by atoms with Crippen LogP contribution in [0.4, 0.5) is 4.39 Å². The van der Waals surface area contributed by atoms with Crippen molar-refractivity contribution >= 4 is 11.5 Å². The fraction of sp³-hybridized carbons (Fsp3) is 0.346. The van der Waals surface area contributed by atoms with Crippen molar-refractivity contribution in [1.29, 1.82) is 0 Å². The van der Waals surface area contributed by atoms with Gasteiger partial charge in [-0.05, 0) is 48.1 Å². The summed E-state index contributed by atoms with van der Waals surface area (Å²) in [6.45, 7) is 2.37. The zero-order valence-electron chi connectivity index (χ0n) is 18.7. The number of carbonyl (C=O) groups excluding carboxylic acids is 1. The zero-order chi connectivity index (χ0) is 22.8. The monoisotopic (exact) mass is 446 g/mol. The van der Waals surface area contributed by atoms with Crippen LogP contribution in [0, 0.1) is 5.95 Å². The number of nitrogens with zero attached hydrogens (tertiary/aromatic N) is 4. The van der Waals surface area contributed by atoms with Gasteiger partial charge < -0.3 is 4.74 Å². The Morgan fingerprint density at radius 2 is 2.03 bits per heavy atom. The number of aromatic nitrogens is 4. The van der Waals surface area contributed by atoms with Crippen LogP contribution in [0.3, 0.4) is 0 Å². The fourth-order valence-corrected chi connectivity index (χ4v) is 4.92. The molecule has 1 atom stereocenters. The van der Waals surface area contributed by atoms with Gasteiger partial charge in [0.2, 0.25) is 0 Å². The highest BCUT2D eigenvalue weighted by molar-refractivity contribution is 5.78. The Morgan fingerprint density at radius 3 is 2.85 bits per heavy atom. The van der Waals surface area contributed by atoms with Crippen molar-refractivity contribution in [3.05, 3.63) is 88.8 Å². The Bertz CT molecular complexity index is 1280. The second-order valence-corrected chi connectivity index (χ2v) is 8.60. The molecule has 3 heterocycles. The normalized spacial score (nSPS) is 15.5. The Labute approximate surface area is 192 Å². The SMILES string of the molecule is CCCOC(=O)Cc1c2c(n3c(F)cccc13)CC(n1nncc1Cc1ccccc1)CC2. The topological polar surface area (TPSA) is 61.4 Å². The molecule has 0 saturated carbocycles. The molecule has 3 aromatic heterocycles. The molecule has 0 fully saturated rings. The predicted octanol–water partition coefficient (Wildman–Crippen LogP) is 4.49. The molecule has 0 spiro atoms. The minimum atomic E-state index is -0.319. The van der Waals surface area contributed by atoms with E-state index in [1.54, 1.807) is 10.5 Å². The van der Waals surface area contributed by atoms with Crippen LogP contribution in [0.25, 0.3) is 5.52 Å². The number of hydrogen-bond donors (Lipinski definition) is 0. The molecule has 7 heteroatoms. The third kappa shape index (κ3) is 4.15. The molecule has 0 radical (unpaired) electrons. The maximum atomic E-state index is 15.0. The molecule has 0 amide bonds. The minimum absolute atomic E-state index is 0.0799. The van der Waals surface area contributed by atoms with E-state index in [4.69, 9.17) is 4.74 Å². The van der Waals surface area contributed by atoms with E-state index in [0.717, 1.165) is 53.7 Å². The molecule has 33 heavy (non-hydrogen) atoms. The second kappa shape index (κ2) is 9.17. The molecule has 1 aliphatic rings. The number of ether oxygens (including phenoxy) is 1. The van der Waals surface area contributed by atoms with Gasteiger partial charge in [0, 0.05) is 18.5 Å². The lowest BCUT2D eigenvalue weighted by Gasteiger charge is -2.25. The Balaban J connectivity index is 1.48. The summed E-state index contributed by atoms with van der Waals surface area (Å²) in [7, 11) is 0. The van der Waals surface area contributed by atoms with Gasteiger partial charge in [-0.2, -0.15) is 4.39 Å². The van der Waals surface area contributed by atoms with Crippen LogP contribution >= 0.6 is 0 Å². The fourth-order valence-electron chi connectivity index (χ4n) is 4.92. The van der Waals surface area contributed by atoms with Gasteiger partial charge in [0.1, 0.15) is 0 Å². The quantitative estimate of drug-likeness (QED) is 0.310. The number of esters is 1. The molecule has 0 aliphatic heterocycles. The Kier molecular flexibility index (Phi) is 5.94. The lowest BCUT2D eigenvalue weighted by Crippen LogP contribution is -2.23. The van der Waals surface area contributed by atoms with Crippen molar-refractivity contribution < 1.29 is 13.9 Å². The summed E-state index contributed by atoms with van der Waals surface area (Å²) in [5.41, 5.74) is 5.85. The summed E-state index contributed by atoms with van der Waals surface area (Å²) in [6.07, 6.45) is 5.74. The van der Waals surface area contributed by atoms with Crippen LogP contribution in [0.15, 0.2) is 54.7 Å². The summed E-state index contributed by atoms with van der Waals surface area (Å²) in [5.74, 6) is -0.583. The molecule has 6 nitrogen and oxygen atoms in total. The van der Waals surface area contributed by atoms with Gasteiger partial charge in [0.15, 0.2) is 5.95 Å². The number of rotatable bonds is 7. The molecule has 1 unspecified atom stereocenters. The van der Waals surface area contributed by atoms with Crippen LogP contribution in [-0.2, 0) is 35.2 Å². The smallest absolute Gasteiger partial charge is 0.310 e. The molecule has 170 valence electrons. The first-order valence-corrected chi connectivity index (χ1v) is 11.5. The highest BCUT2D eigenvalue weighted by Crippen LogP contribution is 2.36. The van der Waals surface area contributed by atoms with Crippen molar-refractivity contribution in [2.24, 2.45) is 0 Å². The van der Waals surface area contributed by atoms with Gasteiger partial charge in [-0.3, -0.25) is 9.20 Å². The van der Waals surface area contributed by atoms with Gasteiger partial charge in [-0.25, -0.2) is 4.68 Å². The molecular formula is C26H27FN4O2. The Hall–Kier alpha value is -3.48. The van der Waals surface area contributed by atoms with Crippen molar-refractivity contribution in [2.75, 3.05) is 6.61 Å². The predicted molar refractivity (Wildman–Crippen MR) is 123 cm³/mol. The maximum absolute atomic E-state index is 15.0. The van der Waals surface area contributed by atoms with Crippen molar-refractivity contribution in [2.45, 2.75) is 51.5 Å². The van der Waals surface area contributed by atoms with E-state index in [-0.39, 0.29) is 24.4 Å². The van der Waals surface area contributed by atoms with Crippen LogP contribution in [0.2, 0.25) is 0 Å². The Morgan fingerprint density at radius 1 is 1.18 bits per heavy atom. The van der Waals surface area contributed by atoms with E-state index in [9.17, 15) is 9.18 Å². The standard InChI is InChI=1S/C26H27FN4O2/c1-2-13-33-26(32)16-22-21-12-11-19(15-24(21)30-23(22)9-6-10-25(30)27)31-20(17-28-29-31)14-18-7-4-3-5-8-18/h3-10,17,19H,2,11-16H2,1H3. The molecule has 5 rings (SSSR count). The van der Waals surface area contributed by atoms with E-state index in [1.807, 2.05) is 42.1 Å². The van der Waals surface area contributed by atoms with Crippen LogP contribution in [-0.4, -0.2) is 32.0 Å². The summed E-state index contributed by atoms with van der Waals surface area (Å²) >= 11 is 0. The van der Waals surface area contributed by atoms with Gasteiger partial charge in [0.25, 0.3) is 0 Å². The van der Waals surface area contributed by atoms with E-state index >= 15 is 0 Å². The number of pyridine rings is 1. The number of benzene rings is 1. The van der Waals surface area contributed by atoms with E-state index in [2.05, 4.69) is 22.4 Å². The summed E-state index contributed by atoms with van der Waals surface area (Å²) in [5, 5.41) is 8.56. The number of halogens is 1. The van der Waals surface area contributed by atoms with E-state index in [1.165, 1.54) is 11.6 Å². The average Bonchev–Trinajstić information content (AvgIpc) is 3.41. The minimum Gasteiger partial charge on any atom is -0.465 e. The van der Waals surface area contributed by atoms with Crippen molar-refractivity contribution in [3.63, 3.8) is 0 Å². The van der Waals surface area contributed by atoms with E-state index in [0.29, 0.717) is 13.0 Å². The lowest BCUT2D eigenvalue weighted by molar-refractivity contribution is -0.142. The summed E-state index contributed by atoms with van der Waals surface area (Å²) < 4.78 is 24.0. The highest BCUT2D eigenvalue weighted by atomic mass is 19.1.